The number of imide groups is 1. The molecule has 9 heteroatoms. The number of hydrogen-bond acceptors (Lipinski definition) is 5. The molecule has 2 aromatic rings. The summed E-state index contributed by atoms with van der Waals surface area (Å²) in [6.45, 7) is 0.440. The topological polar surface area (TPSA) is 87.7 Å². The third kappa shape index (κ3) is 3.20. The maximum atomic E-state index is 14.4. The Balaban J connectivity index is 1.58. The maximum Gasteiger partial charge on any atom is 0.254 e. The van der Waals surface area contributed by atoms with Crippen molar-refractivity contribution < 1.29 is 23.5 Å². The van der Waals surface area contributed by atoms with Crippen molar-refractivity contribution in [1.29, 1.82) is 0 Å². The second-order valence-corrected chi connectivity index (χ2v) is 7.66. The number of carbonyl (C=O) groups excluding carboxylic acids is 3. The zero-order valence-electron chi connectivity index (χ0n) is 16.8. The maximum absolute atomic E-state index is 14.4. The number of fused-ring (bicyclic) bond motifs is 1. The highest BCUT2D eigenvalue weighted by Gasteiger charge is 2.48. The number of rotatable bonds is 5. The Morgan fingerprint density at radius 1 is 1.23 bits per heavy atom. The van der Waals surface area contributed by atoms with Crippen molar-refractivity contribution in [2.24, 2.45) is 0 Å². The van der Waals surface area contributed by atoms with Gasteiger partial charge in [0.15, 0.2) is 11.6 Å². The van der Waals surface area contributed by atoms with Gasteiger partial charge in [-0.3, -0.25) is 19.7 Å². The van der Waals surface area contributed by atoms with Gasteiger partial charge in [-0.05, 0) is 24.6 Å². The van der Waals surface area contributed by atoms with Gasteiger partial charge in [0, 0.05) is 41.9 Å². The van der Waals surface area contributed by atoms with E-state index in [0.29, 0.717) is 16.8 Å². The smallest absolute Gasteiger partial charge is 0.254 e. The first-order valence-electron chi connectivity index (χ1n) is 9.68. The molecule has 2 aromatic carbocycles. The Labute approximate surface area is 174 Å². The summed E-state index contributed by atoms with van der Waals surface area (Å²) in [7, 11) is 3.09. The highest BCUT2D eigenvalue weighted by molar-refractivity contribution is 6.32. The number of piperidine rings is 1. The van der Waals surface area contributed by atoms with Gasteiger partial charge >= 0.3 is 0 Å². The van der Waals surface area contributed by atoms with Crippen molar-refractivity contribution in [3.05, 3.63) is 58.9 Å². The SMILES string of the molecule is BC1(N2Cc3c(NCc4cccc(OC)c4F)cccc3C2=O)CCC(=O)NC1=O. The van der Waals surface area contributed by atoms with E-state index in [0.717, 1.165) is 5.56 Å². The number of amides is 3. The third-order valence-electron chi connectivity index (χ3n) is 5.88. The summed E-state index contributed by atoms with van der Waals surface area (Å²) in [6.07, 6.45) is 0.456. The molecule has 2 aliphatic heterocycles. The molecule has 2 heterocycles. The van der Waals surface area contributed by atoms with Crippen LogP contribution < -0.4 is 15.4 Å². The number of methoxy groups -OCH3 is 1. The van der Waals surface area contributed by atoms with Gasteiger partial charge in [0.1, 0.15) is 7.85 Å². The van der Waals surface area contributed by atoms with Crippen molar-refractivity contribution in [2.45, 2.75) is 31.4 Å². The Kier molecular flexibility index (Phi) is 4.97. The van der Waals surface area contributed by atoms with Gasteiger partial charge in [-0.15, -0.1) is 0 Å². The van der Waals surface area contributed by atoms with Gasteiger partial charge < -0.3 is 15.0 Å². The Bertz CT molecular complexity index is 1060. The molecular weight excluding hydrogens is 388 g/mol. The Morgan fingerprint density at radius 3 is 2.73 bits per heavy atom. The fraction of sp³-hybridized carbons (Fsp3) is 0.286. The molecule has 0 spiro atoms. The average molecular weight is 409 g/mol. The van der Waals surface area contributed by atoms with Crippen LogP contribution in [0.5, 0.6) is 5.75 Å². The van der Waals surface area contributed by atoms with Crippen LogP contribution in [0.3, 0.4) is 0 Å². The van der Waals surface area contributed by atoms with E-state index in [-0.39, 0.29) is 43.5 Å². The number of carbonyl (C=O) groups is 3. The first-order valence-corrected chi connectivity index (χ1v) is 9.68. The number of anilines is 1. The predicted octanol–water partition coefficient (Wildman–Crippen LogP) is 1.17. The van der Waals surface area contributed by atoms with E-state index in [1.165, 1.54) is 12.0 Å². The lowest BCUT2D eigenvalue weighted by atomic mass is 9.70. The molecule has 1 unspecified atom stereocenters. The quantitative estimate of drug-likeness (QED) is 0.572. The van der Waals surface area contributed by atoms with E-state index in [1.54, 1.807) is 38.2 Å². The summed E-state index contributed by atoms with van der Waals surface area (Å²) in [5.74, 6) is -1.32. The van der Waals surface area contributed by atoms with Crippen molar-refractivity contribution in [3.63, 3.8) is 0 Å². The van der Waals surface area contributed by atoms with E-state index >= 15 is 0 Å². The molecule has 0 aliphatic carbocycles. The monoisotopic (exact) mass is 409 g/mol. The molecule has 1 fully saturated rings. The summed E-state index contributed by atoms with van der Waals surface area (Å²) < 4.78 is 19.5. The number of nitrogens with one attached hydrogen (secondary N) is 2. The first-order chi connectivity index (χ1) is 14.3. The molecule has 2 aliphatic rings. The van der Waals surface area contributed by atoms with E-state index < -0.39 is 17.2 Å². The molecule has 154 valence electrons. The number of benzene rings is 2. The normalized spacial score (nSPS) is 20.7. The second kappa shape index (κ2) is 7.48. The standard InChI is InChI=1S/C21H21BFN3O4/c1-30-16-7-2-4-12(18(16)23)10-24-15-6-3-5-13-14(15)11-26(19(13)28)21(22)9-8-17(27)25-20(21)29/h2-7,24H,8-11,22H2,1H3,(H,25,27,29). The fourth-order valence-electron chi connectivity index (χ4n) is 3.99. The second-order valence-electron chi connectivity index (χ2n) is 7.66. The van der Waals surface area contributed by atoms with Crippen molar-refractivity contribution in [2.75, 3.05) is 12.4 Å². The molecule has 1 atom stereocenters. The average Bonchev–Trinajstić information content (AvgIpc) is 3.08. The summed E-state index contributed by atoms with van der Waals surface area (Å²) in [5, 5.41) is 5.53. The molecule has 0 radical (unpaired) electrons. The van der Waals surface area contributed by atoms with Crippen LogP contribution in [-0.2, 0) is 22.7 Å². The van der Waals surface area contributed by atoms with Crippen LogP contribution in [0.2, 0.25) is 0 Å². The lowest BCUT2D eigenvalue weighted by Crippen LogP contribution is -2.63. The van der Waals surface area contributed by atoms with Crippen molar-refractivity contribution >= 4 is 31.3 Å². The highest BCUT2D eigenvalue weighted by Crippen LogP contribution is 2.36. The van der Waals surface area contributed by atoms with Gasteiger partial charge in [0.05, 0.1) is 12.5 Å². The molecule has 1 saturated heterocycles. The Morgan fingerprint density at radius 2 is 2.00 bits per heavy atom. The minimum atomic E-state index is -1.10. The largest absolute Gasteiger partial charge is 0.494 e. The number of halogens is 1. The van der Waals surface area contributed by atoms with Crippen LogP contribution in [0, 0.1) is 5.82 Å². The molecule has 30 heavy (non-hydrogen) atoms. The summed E-state index contributed by atoms with van der Waals surface area (Å²) >= 11 is 0. The molecule has 2 N–H and O–H groups in total. The van der Waals surface area contributed by atoms with Gasteiger partial charge in [0.25, 0.3) is 5.91 Å². The number of hydrogen-bond donors (Lipinski definition) is 2. The lowest BCUT2D eigenvalue weighted by Gasteiger charge is -2.40. The first kappa shape index (κ1) is 19.9. The van der Waals surface area contributed by atoms with Gasteiger partial charge in [-0.1, -0.05) is 18.2 Å². The van der Waals surface area contributed by atoms with Crippen LogP contribution in [0.4, 0.5) is 10.1 Å². The molecule has 0 bridgehead atoms. The molecule has 4 rings (SSSR count). The fourth-order valence-corrected chi connectivity index (χ4v) is 3.99. The highest BCUT2D eigenvalue weighted by atomic mass is 19.1. The zero-order valence-corrected chi connectivity index (χ0v) is 16.8. The molecule has 3 amide bonds. The van der Waals surface area contributed by atoms with E-state index in [4.69, 9.17) is 4.74 Å². The summed E-state index contributed by atoms with van der Waals surface area (Å²) in [4.78, 5) is 38.6. The van der Waals surface area contributed by atoms with E-state index in [9.17, 15) is 18.8 Å². The molecule has 0 saturated carbocycles. The molecular formula is C21H21BFN3O4. The third-order valence-corrected chi connectivity index (χ3v) is 5.88. The number of nitrogens with zero attached hydrogens (tertiary/aromatic N) is 1. The van der Waals surface area contributed by atoms with E-state index in [2.05, 4.69) is 10.6 Å². The van der Waals surface area contributed by atoms with Crippen LogP contribution in [0.1, 0.15) is 34.3 Å². The van der Waals surface area contributed by atoms with Crippen LogP contribution in [0.15, 0.2) is 36.4 Å². The number of ether oxygens (including phenoxy) is 1. The molecule has 7 nitrogen and oxygen atoms in total. The predicted molar refractivity (Wildman–Crippen MR) is 110 cm³/mol. The van der Waals surface area contributed by atoms with Gasteiger partial charge in [-0.2, -0.15) is 0 Å². The van der Waals surface area contributed by atoms with Gasteiger partial charge in [0.2, 0.25) is 11.8 Å². The van der Waals surface area contributed by atoms with Crippen LogP contribution in [0.25, 0.3) is 0 Å². The van der Waals surface area contributed by atoms with E-state index in [1.807, 2.05) is 6.07 Å². The van der Waals surface area contributed by atoms with Gasteiger partial charge in [-0.25, -0.2) is 4.39 Å². The van der Waals surface area contributed by atoms with Crippen molar-refractivity contribution in [3.8, 4) is 5.75 Å². The minimum Gasteiger partial charge on any atom is -0.494 e. The zero-order chi connectivity index (χ0) is 21.5. The minimum absolute atomic E-state index is 0.166. The van der Waals surface area contributed by atoms with Crippen LogP contribution in [-0.4, -0.2) is 43.0 Å². The Hall–Kier alpha value is -3.36. The lowest BCUT2D eigenvalue weighted by molar-refractivity contribution is -0.138. The molecule has 0 aromatic heterocycles. The van der Waals surface area contributed by atoms with Crippen LogP contribution >= 0.6 is 0 Å². The summed E-state index contributed by atoms with van der Waals surface area (Å²) in [6, 6.07) is 10.2. The van der Waals surface area contributed by atoms with Crippen molar-refractivity contribution in [1.82, 2.24) is 10.2 Å². The summed E-state index contributed by atoms with van der Waals surface area (Å²) in [5.41, 5.74) is 1.28.